The van der Waals surface area contributed by atoms with Gasteiger partial charge < -0.3 is 11.1 Å². The topological polar surface area (TPSA) is 105 Å². The Labute approximate surface area is 139 Å². The fraction of sp³-hybridized carbons (Fsp3) is 0.533. The molecule has 4 N–H and O–H groups in total. The zero-order chi connectivity index (χ0) is 17.0. The van der Waals surface area contributed by atoms with Gasteiger partial charge in [-0.2, -0.15) is 0 Å². The molecule has 0 spiro atoms. The molecule has 0 radical (unpaired) electrons. The number of amides is 4. The van der Waals surface area contributed by atoms with Crippen LogP contribution in [0.15, 0.2) is 12.1 Å². The molecule has 2 heterocycles. The first-order chi connectivity index (χ1) is 10.9. The Bertz CT molecular complexity index is 593. The lowest BCUT2D eigenvalue weighted by Crippen LogP contribution is -2.53. The number of nitrogens with one attached hydrogen (secondary N) is 2. The van der Waals surface area contributed by atoms with Gasteiger partial charge in [0.05, 0.1) is 10.9 Å². The standard InChI is InChI=1S/C15H22N4O3S/c1-9-3-4-12(23-9)14(21)17-11-5-7-19(8-6-11)10(2)13(20)18-15(16)22/h3-4,10-11H,5-8H2,1-2H3,(H,17,21)(H3,16,18,20,22)/t10-/m1/s1. The van der Waals surface area contributed by atoms with Crippen molar-refractivity contribution in [2.75, 3.05) is 13.1 Å². The van der Waals surface area contributed by atoms with E-state index in [0.717, 1.165) is 22.6 Å². The van der Waals surface area contributed by atoms with Gasteiger partial charge in [0.2, 0.25) is 5.91 Å². The molecule has 0 bridgehead atoms. The van der Waals surface area contributed by atoms with Crippen LogP contribution in [0.5, 0.6) is 0 Å². The van der Waals surface area contributed by atoms with Crippen molar-refractivity contribution < 1.29 is 14.4 Å². The summed E-state index contributed by atoms with van der Waals surface area (Å²) >= 11 is 1.48. The summed E-state index contributed by atoms with van der Waals surface area (Å²) in [4.78, 5) is 38.5. The smallest absolute Gasteiger partial charge is 0.318 e. The molecule has 4 amide bonds. The second-order valence-electron chi connectivity index (χ2n) is 5.72. The molecule has 1 fully saturated rings. The summed E-state index contributed by atoms with van der Waals surface area (Å²) in [6.45, 7) is 5.08. The van der Waals surface area contributed by atoms with Crippen LogP contribution in [0.2, 0.25) is 0 Å². The van der Waals surface area contributed by atoms with Gasteiger partial charge in [-0.1, -0.05) is 0 Å². The molecule has 126 valence electrons. The highest BCUT2D eigenvalue weighted by Gasteiger charge is 2.28. The SMILES string of the molecule is Cc1ccc(C(=O)NC2CCN([C@H](C)C(=O)NC(N)=O)CC2)s1. The van der Waals surface area contributed by atoms with E-state index in [1.54, 1.807) is 6.92 Å². The molecule has 1 aromatic rings. The number of aryl methyl sites for hydroxylation is 1. The molecular weight excluding hydrogens is 316 g/mol. The molecule has 1 saturated heterocycles. The number of thiophene rings is 1. The molecule has 8 heteroatoms. The summed E-state index contributed by atoms with van der Waals surface area (Å²) < 4.78 is 0. The number of urea groups is 1. The lowest BCUT2D eigenvalue weighted by Gasteiger charge is -2.35. The number of likely N-dealkylation sites (tertiary alicyclic amines) is 1. The van der Waals surface area contributed by atoms with Crippen molar-refractivity contribution in [3.05, 3.63) is 21.9 Å². The molecule has 0 aliphatic carbocycles. The van der Waals surface area contributed by atoms with E-state index in [1.165, 1.54) is 11.3 Å². The average Bonchev–Trinajstić information content (AvgIpc) is 2.93. The van der Waals surface area contributed by atoms with Crippen LogP contribution in [0.4, 0.5) is 4.79 Å². The molecule has 23 heavy (non-hydrogen) atoms. The fourth-order valence-electron chi connectivity index (χ4n) is 2.64. The second-order valence-corrected chi connectivity index (χ2v) is 7.01. The number of rotatable bonds is 4. The van der Waals surface area contributed by atoms with Crippen LogP contribution in [0, 0.1) is 6.92 Å². The molecule has 2 rings (SSSR count). The molecule has 7 nitrogen and oxygen atoms in total. The lowest BCUT2D eigenvalue weighted by molar-refractivity contribution is -0.125. The number of carbonyl (C=O) groups excluding carboxylic acids is 3. The van der Waals surface area contributed by atoms with Crippen molar-refractivity contribution >= 4 is 29.2 Å². The summed E-state index contributed by atoms with van der Waals surface area (Å²) in [5, 5.41) is 5.14. The highest BCUT2D eigenvalue weighted by atomic mass is 32.1. The minimum atomic E-state index is -0.838. The van der Waals surface area contributed by atoms with Crippen LogP contribution in [-0.4, -0.2) is 47.9 Å². The van der Waals surface area contributed by atoms with Crippen LogP contribution in [0.1, 0.15) is 34.3 Å². The minimum Gasteiger partial charge on any atom is -0.351 e. The molecule has 1 aliphatic rings. The minimum absolute atomic E-state index is 0.0407. The zero-order valence-corrected chi connectivity index (χ0v) is 14.1. The van der Waals surface area contributed by atoms with Gasteiger partial charge in [0.1, 0.15) is 0 Å². The van der Waals surface area contributed by atoms with Gasteiger partial charge in [-0.25, -0.2) is 4.79 Å². The van der Waals surface area contributed by atoms with Gasteiger partial charge in [-0.05, 0) is 38.8 Å². The number of piperidine rings is 1. The summed E-state index contributed by atoms with van der Waals surface area (Å²) in [6, 6.07) is 2.61. The van der Waals surface area contributed by atoms with Crippen molar-refractivity contribution in [1.29, 1.82) is 0 Å². The normalized spacial score (nSPS) is 17.5. The Morgan fingerprint density at radius 2 is 1.96 bits per heavy atom. The Hall–Kier alpha value is -1.93. The Balaban J connectivity index is 1.80. The molecule has 0 saturated carbocycles. The predicted molar refractivity (Wildman–Crippen MR) is 88.3 cm³/mol. The highest BCUT2D eigenvalue weighted by molar-refractivity contribution is 7.13. The molecular formula is C15H22N4O3S. The number of carbonyl (C=O) groups is 3. The Kier molecular flexibility index (Phi) is 5.73. The van der Waals surface area contributed by atoms with E-state index in [0.29, 0.717) is 13.1 Å². The van der Waals surface area contributed by atoms with Crippen molar-refractivity contribution in [2.45, 2.75) is 38.8 Å². The van der Waals surface area contributed by atoms with Gasteiger partial charge in [0, 0.05) is 24.0 Å². The zero-order valence-electron chi connectivity index (χ0n) is 13.3. The number of hydrogen-bond donors (Lipinski definition) is 3. The maximum absolute atomic E-state index is 12.1. The number of imide groups is 1. The van der Waals surface area contributed by atoms with Crippen molar-refractivity contribution in [3.8, 4) is 0 Å². The average molecular weight is 338 g/mol. The third-order valence-electron chi connectivity index (χ3n) is 4.00. The number of nitrogens with two attached hydrogens (primary N) is 1. The van der Waals surface area contributed by atoms with Gasteiger partial charge >= 0.3 is 6.03 Å². The third-order valence-corrected chi connectivity index (χ3v) is 5.00. The first-order valence-corrected chi connectivity index (χ1v) is 8.40. The van der Waals surface area contributed by atoms with Gasteiger partial charge in [0.15, 0.2) is 0 Å². The summed E-state index contributed by atoms with van der Waals surface area (Å²) in [7, 11) is 0. The lowest BCUT2D eigenvalue weighted by atomic mass is 10.0. The first-order valence-electron chi connectivity index (χ1n) is 7.58. The molecule has 1 aliphatic heterocycles. The maximum Gasteiger partial charge on any atom is 0.318 e. The summed E-state index contributed by atoms with van der Waals surface area (Å²) in [5.41, 5.74) is 4.96. The van der Waals surface area contributed by atoms with Gasteiger partial charge in [-0.3, -0.25) is 19.8 Å². The van der Waals surface area contributed by atoms with Gasteiger partial charge in [-0.15, -0.1) is 11.3 Å². The van der Waals surface area contributed by atoms with E-state index in [-0.39, 0.29) is 11.9 Å². The van der Waals surface area contributed by atoms with Crippen molar-refractivity contribution in [1.82, 2.24) is 15.5 Å². The molecule has 0 unspecified atom stereocenters. The van der Waals surface area contributed by atoms with E-state index in [4.69, 9.17) is 5.73 Å². The monoisotopic (exact) mass is 338 g/mol. The van der Waals surface area contributed by atoms with Gasteiger partial charge in [0.25, 0.3) is 5.91 Å². The second kappa shape index (κ2) is 7.56. The van der Waals surface area contributed by atoms with E-state index < -0.39 is 18.0 Å². The quantitative estimate of drug-likeness (QED) is 0.756. The third kappa shape index (κ3) is 4.77. The van der Waals surface area contributed by atoms with E-state index in [2.05, 4.69) is 10.6 Å². The van der Waals surface area contributed by atoms with E-state index in [1.807, 2.05) is 24.0 Å². The molecule has 0 aromatic carbocycles. The van der Waals surface area contributed by atoms with E-state index in [9.17, 15) is 14.4 Å². The molecule has 1 atom stereocenters. The van der Waals surface area contributed by atoms with Crippen LogP contribution < -0.4 is 16.4 Å². The highest BCUT2D eigenvalue weighted by Crippen LogP contribution is 2.17. The van der Waals surface area contributed by atoms with Crippen molar-refractivity contribution in [2.24, 2.45) is 5.73 Å². The van der Waals surface area contributed by atoms with E-state index >= 15 is 0 Å². The van der Waals surface area contributed by atoms with Crippen LogP contribution in [0.3, 0.4) is 0 Å². The number of nitrogens with zero attached hydrogens (tertiary/aromatic N) is 1. The number of primary amides is 1. The maximum atomic E-state index is 12.1. The van der Waals surface area contributed by atoms with Crippen LogP contribution in [0.25, 0.3) is 0 Å². The largest absolute Gasteiger partial charge is 0.351 e. The van der Waals surface area contributed by atoms with Crippen LogP contribution in [-0.2, 0) is 4.79 Å². The van der Waals surface area contributed by atoms with Crippen molar-refractivity contribution in [3.63, 3.8) is 0 Å². The van der Waals surface area contributed by atoms with Crippen LogP contribution >= 0.6 is 11.3 Å². The molecule has 1 aromatic heterocycles. The first kappa shape index (κ1) is 17.4. The Morgan fingerprint density at radius 3 is 2.48 bits per heavy atom. The number of hydrogen-bond acceptors (Lipinski definition) is 5. The summed E-state index contributed by atoms with van der Waals surface area (Å²) in [6.07, 6.45) is 1.54. The Morgan fingerprint density at radius 1 is 1.30 bits per heavy atom. The predicted octanol–water partition coefficient (Wildman–Crippen LogP) is 0.834. The fourth-order valence-corrected chi connectivity index (χ4v) is 3.41. The summed E-state index contributed by atoms with van der Waals surface area (Å²) in [5.74, 6) is -0.435.